The Hall–Kier alpha value is -1.93. The Bertz CT molecular complexity index is 770. The minimum atomic E-state index is -3.67. The van der Waals surface area contributed by atoms with E-state index in [9.17, 15) is 13.2 Å². The smallest absolute Gasteiger partial charge is 0.262 e. The van der Waals surface area contributed by atoms with Gasteiger partial charge in [-0.15, -0.1) is 0 Å². The van der Waals surface area contributed by atoms with E-state index in [2.05, 4.69) is 20.3 Å². The molecule has 1 amide bonds. The number of hydrogen-bond acceptors (Lipinski definition) is 5. The lowest BCUT2D eigenvalue weighted by atomic mass is 9.93. The minimum Gasteiger partial charge on any atom is -0.326 e. The second-order valence-corrected chi connectivity index (χ2v) is 8.53. The molecule has 0 aliphatic carbocycles. The molecule has 1 saturated heterocycles. The van der Waals surface area contributed by atoms with Crippen molar-refractivity contribution in [1.82, 2.24) is 10.0 Å². The van der Waals surface area contributed by atoms with Crippen molar-refractivity contribution in [2.24, 2.45) is 10.9 Å². The summed E-state index contributed by atoms with van der Waals surface area (Å²) in [7, 11) is -3.67. The number of benzene rings is 1. The number of aliphatic imine (C=N–C) groups is 1. The molecular formula is C18H26N4O3S. The van der Waals surface area contributed by atoms with Gasteiger partial charge in [-0.2, -0.15) is 0 Å². The van der Waals surface area contributed by atoms with E-state index in [1.807, 2.05) is 0 Å². The fourth-order valence-corrected chi connectivity index (χ4v) is 4.44. The Kier molecular flexibility index (Phi) is 6.26. The first-order chi connectivity index (χ1) is 12.5. The van der Waals surface area contributed by atoms with Crippen LogP contribution in [0.4, 0.5) is 5.69 Å². The highest BCUT2D eigenvalue weighted by molar-refractivity contribution is 7.90. The van der Waals surface area contributed by atoms with Crippen molar-refractivity contribution < 1.29 is 13.2 Å². The highest BCUT2D eigenvalue weighted by Crippen LogP contribution is 2.20. The van der Waals surface area contributed by atoms with Crippen LogP contribution in [0.3, 0.4) is 0 Å². The summed E-state index contributed by atoms with van der Waals surface area (Å²) in [4.78, 5) is 16.4. The number of hydrogen-bond donors (Lipinski definition) is 3. The van der Waals surface area contributed by atoms with Crippen molar-refractivity contribution in [3.63, 3.8) is 0 Å². The normalized spacial score (nSPS) is 18.4. The summed E-state index contributed by atoms with van der Waals surface area (Å²) in [5.41, 5.74) is 0.497. The number of nitrogens with zero attached hydrogens (tertiary/aromatic N) is 1. The van der Waals surface area contributed by atoms with Crippen LogP contribution in [-0.2, 0) is 14.8 Å². The molecule has 142 valence electrons. The van der Waals surface area contributed by atoms with Crippen LogP contribution >= 0.6 is 0 Å². The molecule has 26 heavy (non-hydrogen) atoms. The molecule has 0 radical (unpaired) electrons. The lowest BCUT2D eigenvalue weighted by Gasteiger charge is -2.22. The maximum absolute atomic E-state index is 12.4. The molecule has 3 rings (SSSR count). The molecule has 0 saturated carbocycles. The van der Waals surface area contributed by atoms with Gasteiger partial charge in [-0.25, -0.2) is 8.42 Å². The van der Waals surface area contributed by atoms with E-state index >= 15 is 0 Å². The van der Waals surface area contributed by atoms with Crippen LogP contribution in [0.15, 0.2) is 34.2 Å². The van der Waals surface area contributed by atoms with Crippen molar-refractivity contribution in [1.29, 1.82) is 0 Å². The molecule has 2 aliphatic heterocycles. The highest BCUT2D eigenvalue weighted by Gasteiger charge is 2.19. The molecule has 0 aromatic heterocycles. The summed E-state index contributed by atoms with van der Waals surface area (Å²) in [5, 5.41) is 6.13. The molecule has 3 N–H and O–H groups in total. The van der Waals surface area contributed by atoms with Gasteiger partial charge in [0.15, 0.2) is 0 Å². The van der Waals surface area contributed by atoms with E-state index in [0.717, 1.165) is 38.8 Å². The first-order valence-corrected chi connectivity index (χ1v) is 10.7. The quantitative estimate of drug-likeness (QED) is 0.704. The topological polar surface area (TPSA) is 99.7 Å². The average molecular weight is 378 g/mol. The van der Waals surface area contributed by atoms with E-state index in [1.165, 1.54) is 12.1 Å². The average Bonchev–Trinajstić information content (AvgIpc) is 3.13. The first kappa shape index (κ1) is 18.8. The van der Waals surface area contributed by atoms with Crippen LogP contribution in [0, 0.1) is 5.92 Å². The molecule has 0 unspecified atom stereocenters. The number of amides is 1. The van der Waals surface area contributed by atoms with Crippen molar-refractivity contribution in [3.8, 4) is 0 Å². The second-order valence-electron chi connectivity index (χ2n) is 6.85. The Morgan fingerprint density at radius 2 is 2.08 bits per heavy atom. The molecule has 0 bridgehead atoms. The fraction of sp³-hybridized carbons (Fsp3) is 0.556. The van der Waals surface area contributed by atoms with Crippen LogP contribution in [0.1, 0.15) is 38.5 Å². The van der Waals surface area contributed by atoms with Gasteiger partial charge in [0.25, 0.3) is 10.0 Å². The van der Waals surface area contributed by atoms with Crippen molar-refractivity contribution in [2.45, 2.75) is 43.4 Å². The molecule has 0 atom stereocenters. The number of nitrogens with one attached hydrogen (secondary N) is 3. The number of amidine groups is 1. The van der Waals surface area contributed by atoms with Gasteiger partial charge in [-0.3, -0.25) is 14.5 Å². The Labute approximate surface area is 154 Å². The third kappa shape index (κ3) is 5.28. The standard InChI is InChI=1S/C18H26N4O3S/c23-18(7-6-14-8-11-19-12-9-14)21-15-3-1-4-16(13-15)26(24,25)22-17-5-2-10-20-17/h1,3-4,13-14,19H,2,5-12H2,(H,20,22)(H,21,23). The molecule has 8 heteroatoms. The predicted octanol–water partition coefficient (Wildman–Crippen LogP) is 1.88. The molecule has 1 aromatic rings. The van der Waals surface area contributed by atoms with Crippen LogP contribution in [0.2, 0.25) is 0 Å². The van der Waals surface area contributed by atoms with Gasteiger partial charge in [-0.05, 0) is 62.9 Å². The summed E-state index contributed by atoms with van der Waals surface area (Å²) in [5.74, 6) is 1.01. The SMILES string of the molecule is O=C(CCC1CCNCC1)Nc1cccc(S(=O)(=O)NC2=NCCC2)c1. The van der Waals surface area contributed by atoms with Crippen LogP contribution in [0.5, 0.6) is 0 Å². The summed E-state index contributed by atoms with van der Waals surface area (Å²) in [6, 6.07) is 6.34. The van der Waals surface area contributed by atoms with Gasteiger partial charge in [0, 0.05) is 25.1 Å². The van der Waals surface area contributed by atoms with E-state index < -0.39 is 10.0 Å². The Balaban J connectivity index is 1.57. The zero-order valence-corrected chi connectivity index (χ0v) is 15.6. The fourth-order valence-electron chi connectivity index (χ4n) is 3.31. The molecule has 2 heterocycles. The van der Waals surface area contributed by atoms with Crippen molar-refractivity contribution >= 4 is 27.5 Å². The number of rotatable bonds is 6. The molecular weight excluding hydrogens is 352 g/mol. The number of anilines is 1. The summed E-state index contributed by atoms with van der Waals surface area (Å²) >= 11 is 0. The van der Waals surface area contributed by atoms with E-state index in [0.29, 0.717) is 36.8 Å². The zero-order valence-electron chi connectivity index (χ0n) is 14.8. The predicted molar refractivity (Wildman–Crippen MR) is 102 cm³/mol. The maximum Gasteiger partial charge on any atom is 0.262 e. The third-order valence-corrected chi connectivity index (χ3v) is 6.17. The van der Waals surface area contributed by atoms with Gasteiger partial charge >= 0.3 is 0 Å². The molecule has 7 nitrogen and oxygen atoms in total. The first-order valence-electron chi connectivity index (χ1n) is 9.20. The van der Waals surface area contributed by atoms with Gasteiger partial charge in [0.1, 0.15) is 5.84 Å². The van der Waals surface area contributed by atoms with Crippen molar-refractivity contribution in [2.75, 3.05) is 25.0 Å². The van der Waals surface area contributed by atoms with Gasteiger partial charge in [0.05, 0.1) is 4.90 Å². The van der Waals surface area contributed by atoms with E-state index in [4.69, 9.17) is 0 Å². The maximum atomic E-state index is 12.4. The minimum absolute atomic E-state index is 0.0776. The van der Waals surface area contributed by atoms with Gasteiger partial charge in [-0.1, -0.05) is 6.07 Å². The van der Waals surface area contributed by atoms with Crippen molar-refractivity contribution in [3.05, 3.63) is 24.3 Å². The summed E-state index contributed by atoms with van der Waals surface area (Å²) < 4.78 is 27.4. The zero-order chi connectivity index (χ0) is 18.4. The molecule has 2 aliphatic rings. The Morgan fingerprint density at radius 3 is 2.81 bits per heavy atom. The number of carbonyl (C=O) groups excluding carboxylic acids is 1. The van der Waals surface area contributed by atoms with Gasteiger partial charge < -0.3 is 10.6 Å². The third-order valence-electron chi connectivity index (χ3n) is 4.79. The number of sulfonamides is 1. The number of piperidine rings is 1. The molecule has 1 aromatic carbocycles. The lowest BCUT2D eigenvalue weighted by Crippen LogP contribution is -2.29. The van der Waals surface area contributed by atoms with E-state index in [-0.39, 0.29) is 10.8 Å². The van der Waals surface area contributed by atoms with Crippen LogP contribution in [-0.4, -0.2) is 39.8 Å². The number of carbonyl (C=O) groups is 1. The monoisotopic (exact) mass is 378 g/mol. The molecule has 1 fully saturated rings. The lowest BCUT2D eigenvalue weighted by molar-refractivity contribution is -0.116. The summed E-state index contributed by atoms with van der Waals surface area (Å²) in [6.07, 6.45) is 5.05. The largest absolute Gasteiger partial charge is 0.326 e. The van der Waals surface area contributed by atoms with Crippen LogP contribution in [0.25, 0.3) is 0 Å². The van der Waals surface area contributed by atoms with Gasteiger partial charge in [0.2, 0.25) is 5.91 Å². The molecule has 0 spiro atoms. The highest BCUT2D eigenvalue weighted by atomic mass is 32.2. The van der Waals surface area contributed by atoms with E-state index in [1.54, 1.807) is 12.1 Å². The Morgan fingerprint density at radius 1 is 1.27 bits per heavy atom. The summed E-state index contributed by atoms with van der Waals surface area (Å²) in [6.45, 7) is 2.69. The van der Waals surface area contributed by atoms with Crippen LogP contribution < -0.4 is 15.4 Å². The second kappa shape index (κ2) is 8.64.